The Hall–Kier alpha value is -1.68. The van der Waals surface area contributed by atoms with Gasteiger partial charge in [0.05, 0.1) is 5.38 Å². The highest BCUT2D eigenvalue weighted by atomic mass is 35.5. The standard InChI is InChI=1S/C16H14ClF3O/c1-9-7-11(8-10(2)15(9)18)14(17)12-5-3-4-6-13(12)21-16(19)20/h3-8,14,16H,1-2H3. The monoisotopic (exact) mass is 314 g/mol. The first-order valence-corrected chi connectivity index (χ1v) is 6.78. The van der Waals surface area contributed by atoms with E-state index in [0.29, 0.717) is 22.3 Å². The largest absolute Gasteiger partial charge is 0.434 e. The van der Waals surface area contributed by atoms with Gasteiger partial charge in [-0.05, 0) is 36.6 Å². The van der Waals surface area contributed by atoms with Gasteiger partial charge >= 0.3 is 6.61 Å². The molecular weight excluding hydrogens is 301 g/mol. The maximum atomic E-state index is 13.7. The molecule has 2 rings (SSSR count). The topological polar surface area (TPSA) is 9.23 Å². The number of aryl methyl sites for hydroxylation is 2. The van der Waals surface area contributed by atoms with E-state index in [0.717, 1.165) is 0 Å². The van der Waals surface area contributed by atoms with Crippen molar-refractivity contribution in [3.05, 3.63) is 64.5 Å². The average Bonchev–Trinajstić information content (AvgIpc) is 2.43. The Morgan fingerprint density at radius 3 is 2.19 bits per heavy atom. The van der Waals surface area contributed by atoms with Crippen LogP contribution in [0, 0.1) is 19.7 Å². The van der Waals surface area contributed by atoms with Gasteiger partial charge in [-0.3, -0.25) is 0 Å². The van der Waals surface area contributed by atoms with Crippen LogP contribution in [0.4, 0.5) is 13.2 Å². The van der Waals surface area contributed by atoms with E-state index in [2.05, 4.69) is 4.74 Å². The van der Waals surface area contributed by atoms with Gasteiger partial charge in [0.15, 0.2) is 0 Å². The summed E-state index contributed by atoms with van der Waals surface area (Å²) in [5, 5.41) is -0.696. The van der Waals surface area contributed by atoms with Crippen LogP contribution < -0.4 is 4.74 Å². The minimum atomic E-state index is -2.92. The van der Waals surface area contributed by atoms with E-state index in [1.165, 1.54) is 6.07 Å². The maximum absolute atomic E-state index is 13.7. The zero-order valence-corrected chi connectivity index (χ0v) is 12.3. The van der Waals surface area contributed by atoms with E-state index >= 15 is 0 Å². The molecule has 0 spiro atoms. The number of hydrogen-bond donors (Lipinski definition) is 0. The van der Waals surface area contributed by atoms with Crippen LogP contribution in [0.25, 0.3) is 0 Å². The minimum Gasteiger partial charge on any atom is -0.434 e. The van der Waals surface area contributed by atoms with Gasteiger partial charge in [-0.1, -0.05) is 30.3 Å². The lowest BCUT2D eigenvalue weighted by Crippen LogP contribution is -2.06. The Kier molecular flexibility index (Phi) is 4.78. The summed E-state index contributed by atoms with van der Waals surface area (Å²) in [5.41, 5.74) is 1.98. The third kappa shape index (κ3) is 3.50. The second-order valence-corrected chi connectivity index (χ2v) is 5.18. The molecule has 21 heavy (non-hydrogen) atoms. The molecular formula is C16H14ClF3O. The summed E-state index contributed by atoms with van der Waals surface area (Å²) < 4.78 is 43.0. The van der Waals surface area contributed by atoms with Gasteiger partial charge < -0.3 is 4.74 Å². The second kappa shape index (κ2) is 6.39. The summed E-state index contributed by atoms with van der Waals surface area (Å²) >= 11 is 6.37. The Balaban J connectivity index is 2.43. The Labute approximate surface area is 126 Å². The van der Waals surface area contributed by atoms with E-state index in [1.54, 1.807) is 44.2 Å². The molecule has 0 radical (unpaired) electrons. The third-order valence-corrected chi connectivity index (χ3v) is 3.65. The molecule has 112 valence electrons. The number of hydrogen-bond acceptors (Lipinski definition) is 1. The molecule has 1 nitrogen and oxygen atoms in total. The van der Waals surface area contributed by atoms with Crippen LogP contribution >= 0.6 is 11.6 Å². The van der Waals surface area contributed by atoms with Crippen molar-refractivity contribution < 1.29 is 17.9 Å². The second-order valence-electron chi connectivity index (χ2n) is 4.75. The molecule has 2 aromatic rings. The highest BCUT2D eigenvalue weighted by Crippen LogP contribution is 2.36. The number of para-hydroxylation sites is 1. The van der Waals surface area contributed by atoms with Crippen molar-refractivity contribution >= 4 is 11.6 Å². The number of halogens is 4. The van der Waals surface area contributed by atoms with E-state index in [-0.39, 0.29) is 11.6 Å². The molecule has 1 atom stereocenters. The fraction of sp³-hybridized carbons (Fsp3) is 0.250. The van der Waals surface area contributed by atoms with Crippen LogP contribution in [0.15, 0.2) is 36.4 Å². The summed E-state index contributed by atoms with van der Waals surface area (Å²) in [6.45, 7) is 0.347. The zero-order chi connectivity index (χ0) is 15.6. The Morgan fingerprint density at radius 1 is 1.05 bits per heavy atom. The van der Waals surface area contributed by atoms with Gasteiger partial charge in [0, 0.05) is 5.56 Å². The van der Waals surface area contributed by atoms with Crippen LogP contribution in [0.2, 0.25) is 0 Å². The number of alkyl halides is 3. The number of rotatable bonds is 4. The molecule has 0 fully saturated rings. The quantitative estimate of drug-likeness (QED) is 0.689. The summed E-state index contributed by atoms with van der Waals surface area (Å²) in [5.74, 6) is -0.271. The summed E-state index contributed by atoms with van der Waals surface area (Å²) in [6.07, 6.45) is 0. The summed E-state index contributed by atoms with van der Waals surface area (Å²) in [7, 11) is 0. The van der Waals surface area contributed by atoms with Crippen molar-refractivity contribution in [2.75, 3.05) is 0 Å². The lowest BCUT2D eigenvalue weighted by atomic mass is 9.99. The molecule has 0 aliphatic carbocycles. The Morgan fingerprint density at radius 2 is 1.62 bits per heavy atom. The molecule has 0 saturated heterocycles. The summed E-state index contributed by atoms with van der Waals surface area (Å²) in [4.78, 5) is 0. The average molecular weight is 315 g/mol. The lowest BCUT2D eigenvalue weighted by molar-refractivity contribution is -0.0504. The molecule has 0 aliphatic rings. The molecule has 0 aliphatic heterocycles. The normalized spacial score (nSPS) is 12.5. The zero-order valence-electron chi connectivity index (χ0n) is 11.5. The predicted octanol–water partition coefficient (Wildman–Crippen LogP) is 5.37. The van der Waals surface area contributed by atoms with E-state index < -0.39 is 12.0 Å². The van der Waals surface area contributed by atoms with Crippen LogP contribution in [0.5, 0.6) is 5.75 Å². The molecule has 0 bridgehead atoms. The third-order valence-electron chi connectivity index (χ3n) is 3.16. The van der Waals surface area contributed by atoms with Crippen LogP contribution in [0.1, 0.15) is 27.6 Å². The summed E-state index contributed by atoms with van der Waals surface area (Å²) in [6, 6.07) is 9.54. The predicted molar refractivity (Wildman–Crippen MR) is 76.6 cm³/mol. The molecule has 0 heterocycles. The number of benzene rings is 2. The first-order valence-electron chi connectivity index (χ1n) is 6.34. The van der Waals surface area contributed by atoms with Crippen molar-refractivity contribution in [2.45, 2.75) is 25.8 Å². The molecule has 0 amide bonds. The Bertz CT molecular complexity index is 620. The van der Waals surface area contributed by atoms with Gasteiger partial charge in [0.1, 0.15) is 11.6 Å². The van der Waals surface area contributed by atoms with Crippen molar-refractivity contribution in [3.63, 3.8) is 0 Å². The highest BCUT2D eigenvalue weighted by Gasteiger charge is 2.19. The lowest BCUT2D eigenvalue weighted by Gasteiger charge is -2.17. The van der Waals surface area contributed by atoms with Crippen LogP contribution in [-0.2, 0) is 0 Å². The van der Waals surface area contributed by atoms with Gasteiger partial charge in [-0.15, -0.1) is 11.6 Å². The smallest absolute Gasteiger partial charge is 0.387 e. The van der Waals surface area contributed by atoms with Crippen molar-refractivity contribution in [3.8, 4) is 5.75 Å². The molecule has 0 saturated carbocycles. The van der Waals surface area contributed by atoms with Crippen molar-refractivity contribution in [1.29, 1.82) is 0 Å². The van der Waals surface area contributed by atoms with Crippen molar-refractivity contribution in [1.82, 2.24) is 0 Å². The van der Waals surface area contributed by atoms with Gasteiger partial charge in [0.2, 0.25) is 0 Å². The molecule has 0 N–H and O–H groups in total. The molecule has 2 aromatic carbocycles. The first kappa shape index (κ1) is 15.7. The van der Waals surface area contributed by atoms with Gasteiger partial charge in [-0.25, -0.2) is 4.39 Å². The minimum absolute atomic E-state index is 0.0205. The number of ether oxygens (including phenoxy) is 1. The molecule has 5 heteroatoms. The van der Waals surface area contributed by atoms with Crippen LogP contribution in [-0.4, -0.2) is 6.61 Å². The molecule has 1 unspecified atom stereocenters. The molecule has 0 aromatic heterocycles. The van der Waals surface area contributed by atoms with Gasteiger partial charge in [0.25, 0.3) is 0 Å². The van der Waals surface area contributed by atoms with Crippen LogP contribution in [0.3, 0.4) is 0 Å². The fourth-order valence-electron chi connectivity index (χ4n) is 2.20. The van der Waals surface area contributed by atoms with E-state index in [1.807, 2.05) is 0 Å². The SMILES string of the molecule is Cc1cc(C(Cl)c2ccccc2OC(F)F)cc(C)c1F. The first-order chi connectivity index (χ1) is 9.90. The van der Waals surface area contributed by atoms with E-state index in [4.69, 9.17) is 11.6 Å². The van der Waals surface area contributed by atoms with Gasteiger partial charge in [-0.2, -0.15) is 8.78 Å². The maximum Gasteiger partial charge on any atom is 0.387 e. The highest BCUT2D eigenvalue weighted by molar-refractivity contribution is 6.22. The van der Waals surface area contributed by atoms with Crippen molar-refractivity contribution in [2.24, 2.45) is 0 Å². The van der Waals surface area contributed by atoms with E-state index in [9.17, 15) is 13.2 Å². The fourth-order valence-corrected chi connectivity index (χ4v) is 2.50.